The average Bonchev–Trinajstić information content (AvgIpc) is 2.67. The van der Waals surface area contributed by atoms with E-state index in [2.05, 4.69) is 41.5 Å². The van der Waals surface area contributed by atoms with Crippen molar-refractivity contribution >= 4 is 11.6 Å². The van der Waals surface area contributed by atoms with Gasteiger partial charge in [-0.15, -0.1) is 0 Å². The van der Waals surface area contributed by atoms with Gasteiger partial charge in [-0.3, -0.25) is 4.79 Å². The van der Waals surface area contributed by atoms with Crippen LogP contribution in [0.25, 0.3) is 0 Å². The Morgan fingerprint density at radius 1 is 1.30 bits per heavy atom. The minimum Gasteiger partial charge on any atom is -0.373 e. The summed E-state index contributed by atoms with van der Waals surface area (Å²) in [6, 6.07) is 8.41. The van der Waals surface area contributed by atoms with Crippen LogP contribution < -0.4 is 10.2 Å². The number of amides is 1. The van der Waals surface area contributed by atoms with E-state index in [9.17, 15) is 4.79 Å². The second-order valence-corrected chi connectivity index (χ2v) is 5.85. The van der Waals surface area contributed by atoms with E-state index in [0.717, 1.165) is 45.6 Å². The van der Waals surface area contributed by atoms with Crippen molar-refractivity contribution in [1.29, 1.82) is 0 Å². The van der Waals surface area contributed by atoms with Gasteiger partial charge in [-0.1, -0.05) is 18.2 Å². The summed E-state index contributed by atoms with van der Waals surface area (Å²) in [6.07, 6.45) is 2.14. The number of fused-ring (bicyclic) bond motifs is 1. The highest BCUT2D eigenvalue weighted by Gasteiger charge is 2.28. The smallest absolute Gasteiger partial charge is 0.227 e. The van der Waals surface area contributed by atoms with Gasteiger partial charge in [0.25, 0.3) is 0 Å². The van der Waals surface area contributed by atoms with E-state index in [1.165, 1.54) is 11.3 Å². The van der Waals surface area contributed by atoms with Gasteiger partial charge in [0, 0.05) is 38.9 Å². The van der Waals surface area contributed by atoms with Crippen LogP contribution in [-0.2, 0) is 11.3 Å². The van der Waals surface area contributed by atoms with Crippen molar-refractivity contribution < 1.29 is 4.79 Å². The van der Waals surface area contributed by atoms with Crippen LogP contribution in [0.2, 0.25) is 0 Å². The molecule has 1 saturated heterocycles. The Morgan fingerprint density at radius 3 is 2.95 bits per heavy atom. The first-order valence-corrected chi connectivity index (χ1v) is 7.54. The van der Waals surface area contributed by atoms with E-state index in [1.54, 1.807) is 0 Å². The maximum absolute atomic E-state index is 12.7. The minimum atomic E-state index is 0.166. The Morgan fingerprint density at radius 2 is 2.15 bits per heavy atom. The third-order valence-electron chi connectivity index (χ3n) is 4.43. The average molecular weight is 273 g/mol. The second-order valence-electron chi connectivity index (χ2n) is 5.85. The van der Waals surface area contributed by atoms with Gasteiger partial charge in [0.1, 0.15) is 0 Å². The molecule has 2 aliphatic rings. The number of carbonyl (C=O) groups excluding carboxylic acids is 1. The van der Waals surface area contributed by atoms with Gasteiger partial charge in [-0.25, -0.2) is 0 Å². The molecule has 4 nitrogen and oxygen atoms in total. The number of carbonyl (C=O) groups is 1. The number of anilines is 1. The first-order valence-electron chi connectivity index (χ1n) is 7.54. The highest BCUT2D eigenvalue weighted by atomic mass is 16.2. The number of nitrogens with one attached hydrogen (secondary N) is 1. The molecule has 3 rings (SSSR count). The summed E-state index contributed by atoms with van der Waals surface area (Å²) >= 11 is 0. The molecule has 1 amide bonds. The number of hydrogen-bond acceptors (Lipinski definition) is 3. The lowest BCUT2D eigenvalue weighted by Gasteiger charge is -2.29. The topological polar surface area (TPSA) is 35.6 Å². The van der Waals surface area contributed by atoms with Crippen molar-refractivity contribution in [3.8, 4) is 0 Å². The molecule has 1 N–H and O–H groups in total. The van der Waals surface area contributed by atoms with Crippen molar-refractivity contribution in [3.63, 3.8) is 0 Å². The molecule has 1 aromatic carbocycles. The Bertz CT molecular complexity index is 482. The highest BCUT2D eigenvalue weighted by molar-refractivity contribution is 5.79. The lowest BCUT2D eigenvalue weighted by molar-refractivity contribution is -0.136. The van der Waals surface area contributed by atoms with Crippen molar-refractivity contribution in [1.82, 2.24) is 10.2 Å². The maximum Gasteiger partial charge on any atom is 0.227 e. The number of benzene rings is 1. The van der Waals surface area contributed by atoms with Crippen molar-refractivity contribution in [2.24, 2.45) is 5.92 Å². The fourth-order valence-electron chi connectivity index (χ4n) is 3.20. The fraction of sp³-hybridized carbons (Fsp3) is 0.562. The van der Waals surface area contributed by atoms with Crippen LogP contribution >= 0.6 is 0 Å². The lowest BCUT2D eigenvalue weighted by Crippen LogP contribution is -2.43. The fourth-order valence-corrected chi connectivity index (χ4v) is 3.20. The summed E-state index contributed by atoms with van der Waals surface area (Å²) < 4.78 is 0. The number of hydrogen-bond donors (Lipinski definition) is 1. The lowest BCUT2D eigenvalue weighted by atomic mass is 9.98. The molecule has 0 bridgehead atoms. The Labute approximate surface area is 120 Å². The molecule has 20 heavy (non-hydrogen) atoms. The number of para-hydroxylation sites is 1. The molecule has 1 aromatic rings. The Hall–Kier alpha value is -1.55. The number of nitrogens with zero attached hydrogens (tertiary/aromatic N) is 2. The largest absolute Gasteiger partial charge is 0.373 e. The quantitative estimate of drug-likeness (QED) is 0.841. The van der Waals surface area contributed by atoms with E-state index in [-0.39, 0.29) is 5.92 Å². The van der Waals surface area contributed by atoms with Crippen molar-refractivity contribution in [2.45, 2.75) is 19.4 Å². The summed E-state index contributed by atoms with van der Waals surface area (Å²) in [4.78, 5) is 17.0. The summed E-state index contributed by atoms with van der Waals surface area (Å²) in [5, 5.41) is 3.34. The molecule has 0 aromatic heterocycles. The van der Waals surface area contributed by atoms with E-state index in [4.69, 9.17) is 0 Å². The van der Waals surface area contributed by atoms with Crippen LogP contribution in [0.15, 0.2) is 24.3 Å². The zero-order chi connectivity index (χ0) is 13.9. The van der Waals surface area contributed by atoms with Crippen LogP contribution in [0.4, 0.5) is 5.69 Å². The summed E-state index contributed by atoms with van der Waals surface area (Å²) in [5.41, 5.74) is 2.51. The third kappa shape index (κ3) is 2.66. The summed E-state index contributed by atoms with van der Waals surface area (Å²) in [6.45, 7) is 4.36. The molecular weight excluding hydrogens is 250 g/mol. The van der Waals surface area contributed by atoms with Gasteiger partial charge in [-0.05, 0) is 31.0 Å². The SMILES string of the molecule is CN1CCN(C(=O)C2CCCNC2)Cc2ccccc21. The molecular formula is C16H23N3O. The van der Waals surface area contributed by atoms with E-state index < -0.39 is 0 Å². The van der Waals surface area contributed by atoms with Gasteiger partial charge < -0.3 is 15.1 Å². The molecule has 0 aliphatic carbocycles. The molecule has 0 saturated carbocycles. The van der Waals surface area contributed by atoms with Gasteiger partial charge in [-0.2, -0.15) is 0 Å². The predicted octanol–water partition coefficient (Wildman–Crippen LogP) is 1.46. The van der Waals surface area contributed by atoms with Crippen LogP contribution in [-0.4, -0.2) is 44.0 Å². The molecule has 2 heterocycles. The molecule has 0 spiro atoms. The highest BCUT2D eigenvalue weighted by Crippen LogP contribution is 2.25. The molecule has 4 heteroatoms. The maximum atomic E-state index is 12.7. The van der Waals surface area contributed by atoms with Gasteiger partial charge in [0.05, 0.1) is 5.92 Å². The third-order valence-corrected chi connectivity index (χ3v) is 4.43. The molecule has 0 radical (unpaired) electrons. The zero-order valence-electron chi connectivity index (χ0n) is 12.1. The molecule has 1 unspecified atom stereocenters. The van der Waals surface area contributed by atoms with E-state index in [0.29, 0.717) is 5.91 Å². The predicted molar refractivity (Wildman–Crippen MR) is 80.7 cm³/mol. The van der Waals surface area contributed by atoms with E-state index in [1.807, 2.05) is 4.90 Å². The summed E-state index contributed by atoms with van der Waals surface area (Å²) in [7, 11) is 2.11. The molecule has 2 aliphatic heterocycles. The van der Waals surface area contributed by atoms with Crippen LogP contribution in [0.1, 0.15) is 18.4 Å². The van der Waals surface area contributed by atoms with Gasteiger partial charge in [0.15, 0.2) is 0 Å². The zero-order valence-corrected chi connectivity index (χ0v) is 12.1. The molecule has 1 atom stereocenters. The van der Waals surface area contributed by atoms with Crippen LogP contribution in [0.3, 0.4) is 0 Å². The van der Waals surface area contributed by atoms with Gasteiger partial charge >= 0.3 is 0 Å². The molecule has 1 fully saturated rings. The van der Waals surface area contributed by atoms with Crippen LogP contribution in [0.5, 0.6) is 0 Å². The number of likely N-dealkylation sites (N-methyl/N-ethyl adjacent to an activating group) is 1. The van der Waals surface area contributed by atoms with Crippen molar-refractivity contribution in [2.75, 3.05) is 38.1 Å². The van der Waals surface area contributed by atoms with Crippen molar-refractivity contribution in [3.05, 3.63) is 29.8 Å². The first kappa shape index (κ1) is 13.4. The Balaban J connectivity index is 1.77. The van der Waals surface area contributed by atoms with Gasteiger partial charge in [0.2, 0.25) is 5.91 Å². The first-order chi connectivity index (χ1) is 9.75. The number of rotatable bonds is 1. The van der Waals surface area contributed by atoms with Crippen LogP contribution in [0, 0.1) is 5.92 Å². The minimum absolute atomic E-state index is 0.166. The normalized spacial score (nSPS) is 23.1. The second kappa shape index (κ2) is 5.83. The standard InChI is InChI=1S/C16H23N3O/c1-18-9-10-19(12-14-5-2-3-7-15(14)18)16(20)13-6-4-8-17-11-13/h2-3,5,7,13,17H,4,6,8-12H2,1H3. The molecule has 108 valence electrons. The number of piperidine rings is 1. The Kier molecular flexibility index (Phi) is 3.92. The summed E-state index contributed by atoms with van der Waals surface area (Å²) in [5.74, 6) is 0.488. The van der Waals surface area contributed by atoms with E-state index >= 15 is 0 Å². The monoisotopic (exact) mass is 273 g/mol.